The third-order valence-electron chi connectivity index (χ3n) is 0.935. The van der Waals surface area contributed by atoms with Crippen LogP contribution in [0.15, 0.2) is 6.33 Å². The molecule has 58 valence electrons. The first-order valence-corrected chi connectivity index (χ1v) is 3.36. The lowest BCUT2D eigenvalue weighted by Crippen LogP contribution is -1.96. The Labute approximate surface area is 61.3 Å². The van der Waals surface area contributed by atoms with Gasteiger partial charge in [-0.1, -0.05) is 13.8 Å². The van der Waals surface area contributed by atoms with Gasteiger partial charge in [-0.15, -0.1) is 10.2 Å². The highest BCUT2D eigenvalue weighted by molar-refractivity contribution is 5.20. The molecule has 0 amide bonds. The van der Waals surface area contributed by atoms with Crippen LogP contribution in [0.3, 0.4) is 0 Å². The van der Waals surface area contributed by atoms with Crippen molar-refractivity contribution >= 4 is 5.95 Å². The lowest BCUT2D eigenvalue weighted by atomic mass is 10.9. The van der Waals surface area contributed by atoms with Crippen LogP contribution in [0.5, 0.6) is 0 Å². The standard InChI is InChI=1S/C4H8N4.C2H6/c1-5-4-7-6-3-8(4)2;1-2/h3H,1-2H3,(H,5,7);1-2H3. The van der Waals surface area contributed by atoms with Gasteiger partial charge in [0.15, 0.2) is 0 Å². The molecule has 0 radical (unpaired) electrons. The van der Waals surface area contributed by atoms with Gasteiger partial charge >= 0.3 is 0 Å². The fourth-order valence-corrected chi connectivity index (χ4v) is 0.510. The van der Waals surface area contributed by atoms with Crippen molar-refractivity contribution in [3.05, 3.63) is 6.33 Å². The summed E-state index contributed by atoms with van der Waals surface area (Å²) in [6.45, 7) is 4.00. The molecule has 1 heterocycles. The van der Waals surface area contributed by atoms with E-state index < -0.39 is 0 Å². The Morgan fingerprint density at radius 3 is 2.30 bits per heavy atom. The first-order chi connectivity index (χ1) is 4.84. The highest BCUT2D eigenvalue weighted by atomic mass is 15.3. The van der Waals surface area contributed by atoms with Gasteiger partial charge < -0.3 is 9.88 Å². The number of aromatic nitrogens is 3. The van der Waals surface area contributed by atoms with Gasteiger partial charge in [0.1, 0.15) is 6.33 Å². The Kier molecular flexibility index (Phi) is 4.28. The molecular weight excluding hydrogens is 128 g/mol. The summed E-state index contributed by atoms with van der Waals surface area (Å²) in [7, 11) is 3.69. The lowest BCUT2D eigenvalue weighted by Gasteiger charge is -1.93. The van der Waals surface area contributed by atoms with Crippen LogP contribution in [-0.4, -0.2) is 21.8 Å². The fraction of sp³-hybridized carbons (Fsp3) is 0.667. The molecule has 0 atom stereocenters. The number of hydrogen-bond donors (Lipinski definition) is 1. The topological polar surface area (TPSA) is 42.7 Å². The van der Waals surface area contributed by atoms with Gasteiger partial charge in [0.05, 0.1) is 0 Å². The van der Waals surface area contributed by atoms with Crippen molar-refractivity contribution in [2.24, 2.45) is 7.05 Å². The second-order valence-electron chi connectivity index (χ2n) is 1.52. The average Bonchev–Trinajstić information content (AvgIpc) is 2.39. The van der Waals surface area contributed by atoms with Crippen LogP contribution in [0, 0.1) is 0 Å². The van der Waals surface area contributed by atoms with Crippen molar-refractivity contribution in [3.8, 4) is 0 Å². The molecule has 0 aromatic carbocycles. The molecule has 0 fully saturated rings. The number of nitrogens with zero attached hydrogens (tertiary/aromatic N) is 3. The van der Waals surface area contributed by atoms with Crippen molar-refractivity contribution in [2.75, 3.05) is 12.4 Å². The summed E-state index contributed by atoms with van der Waals surface area (Å²) in [5.74, 6) is 0.782. The van der Waals surface area contributed by atoms with E-state index in [1.807, 2.05) is 27.9 Å². The first kappa shape index (κ1) is 8.94. The van der Waals surface area contributed by atoms with Gasteiger partial charge in [-0.2, -0.15) is 0 Å². The third-order valence-corrected chi connectivity index (χ3v) is 0.935. The van der Waals surface area contributed by atoms with Crippen molar-refractivity contribution in [3.63, 3.8) is 0 Å². The molecule has 0 aliphatic heterocycles. The molecule has 0 aliphatic rings. The summed E-state index contributed by atoms with van der Waals surface area (Å²) >= 11 is 0. The molecule has 0 unspecified atom stereocenters. The smallest absolute Gasteiger partial charge is 0.223 e. The molecule has 1 aromatic heterocycles. The predicted molar refractivity (Wildman–Crippen MR) is 41.9 cm³/mol. The highest BCUT2D eigenvalue weighted by Crippen LogP contribution is 1.93. The minimum atomic E-state index is 0.782. The Morgan fingerprint density at radius 1 is 1.50 bits per heavy atom. The molecule has 1 N–H and O–H groups in total. The average molecular weight is 142 g/mol. The maximum Gasteiger partial charge on any atom is 0.223 e. The third kappa shape index (κ3) is 2.05. The van der Waals surface area contributed by atoms with Gasteiger partial charge in [-0.3, -0.25) is 0 Å². The number of aryl methyl sites for hydroxylation is 1. The van der Waals surface area contributed by atoms with E-state index in [1.165, 1.54) is 0 Å². The minimum Gasteiger partial charge on any atom is -0.357 e. The number of anilines is 1. The molecular formula is C6H14N4. The lowest BCUT2D eigenvalue weighted by molar-refractivity contribution is 0.915. The zero-order valence-corrected chi connectivity index (χ0v) is 6.92. The first-order valence-electron chi connectivity index (χ1n) is 3.36. The molecule has 4 nitrogen and oxygen atoms in total. The zero-order chi connectivity index (χ0) is 7.98. The van der Waals surface area contributed by atoms with E-state index in [-0.39, 0.29) is 0 Å². The quantitative estimate of drug-likeness (QED) is 0.633. The summed E-state index contributed by atoms with van der Waals surface area (Å²) in [4.78, 5) is 0. The van der Waals surface area contributed by atoms with E-state index in [1.54, 1.807) is 10.9 Å². The largest absolute Gasteiger partial charge is 0.357 e. The van der Waals surface area contributed by atoms with Crippen molar-refractivity contribution in [1.29, 1.82) is 0 Å². The summed E-state index contributed by atoms with van der Waals surface area (Å²) in [5, 5.41) is 10.2. The van der Waals surface area contributed by atoms with Gasteiger partial charge in [0, 0.05) is 14.1 Å². The second kappa shape index (κ2) is 4.78. The van der Waals surface area contributed by atoms with Crippen LogP contribution >= 0.6 is 0 Å². The molecule has 1 aromatic rings. The maximum atomic E-state index is 3.74. The summed E-state index contributed by atoms with van der Waals surface area (Å²) < 4.78 is 1.81. The molecule has 0 spiro atoms. The molecule has 0 bridgehead atoms. The van der Waals surface area contributed by atoms with Crippen LogP contribution in [0.4, 0.5) is 5.95 Å². The Morgan fingerprint density at radius 2 is 2.10 bits per heavy atom. The molecule has 0 saturated carbocycles. The SMILES string of the molecule is CC.CNc1nncn1C. The van der Waals surface area contributed by atoms with E-state index in [9.17, 15) is 0 Å². The Hall–Kier alpha value is -1.06. The second-order valence-corrected chi connectivity index (χ2v) is 1.52. The van der Waals surface area contributed by atoms with Gasteiger partial charge in [-0.25, -0.2) is 0 Å². The van der Waals surface area contributed by atoms with Crippen molar-refractivity contribution in [1.82, 2.24) is 14.8 Å². The Balaban J connectivity index is 0.000000371. The van der Waals surface area contributed by atoms with Gasteiger partial charge in [0.25, 0.3) is 0 Å². The summed E-state index contributed by atoms with van der Waals surface area (Å²) in [6.07, 6.45) is 1.64. The summed E-state index contributed by atoms with van der Waals surface area (Å²) in [6, 6.07) is 0. The number of nitrogens with one attached hydrogen (secondary N) is 1. The van der Waals surface area contributed by atoms with Crippen LogP contribution in [0.2, 0.25) is 0 Å². The molecule has 0 saturated heterocycles. The van der Waals surface area contributed by atoms with Crippen LogP contribution in [-0.2, 0) is 7.05 Å². The van der Waals surface area contributed by atoms with Gasteiger partial charge in [0.2, 0.25) is 5.95 Å². The van der Waals surface area contributed by atoms with E-state index in [0.29, 0.717) is 0 Å². The molecule has 1 rings (SSSR count). The van der Waals surface area contributed by atoms with Crippen molar-refractivity contribution in [2.45, 2.75) is 13.8 Å². The van der Waals surface area contributed by atoms with E-state index in [2.05, 4.69) is 15.5 Å². The van der Waals surface area contributed by atoms with Gasteiger partial charge in [-0.05, 0) is 0 Å². The van der Waals surface area contributed by atoms with Crippen molar-refractivity contribution < 1.29 is 0 Å². The number of rotatable bonds is 1. The Bertz CT molecular complexity index is 170. The zero-order valence-electron chi connectivity index (χ0n) is 6.92. The van der Waals surface area contributed by atoms with E-state index in [0.717, 1.165) is 5.95 Å². The molecule has 10 heavy (non-hydrogen) atoms. The van der Waals surface area contributed by atoms with E-state index >= 15 is 0 Å². The summed E-state index contributed by atoms with van der Waals surface area (Å²) in [5.41, 5.74) is 0. The normalized spacial score (nSPS) is 8.00. The van der Waals surface area contributed by atoms with Crippen LogP contribution in [0.1, 0.15) is 13.8 Å². The predicted octanol–water partition coefficient (Wildman–Crippen LogP) is 0.883. The fourth-order valence-electron chi connectivity index (χ4n) is 0.510. The molecule has 0 aliphatic carbocycles. The number of hydrogen-bond acceptors (Lipinski definition) is 3. The van der Waals surface area contributed by atoms with E-state index in [4.69, 9.17) is 0 Å². The maximum absolute atomic E-state index is 3.74. The molecule has 4 heteroatoms. The van der Waals surface area contributed by atoms with Crippen LogP contribution in [0.25, 0.3) is 0 Å². The minimum absolute atomic E-state index is 0.782. The highest BCUT2D eigenvalue weighted by Gasteiger charge is 1.91. The monoisotopic (exact) mass is 142 g/mol. The van der Waals surface area contributed by atoms with Crippen LogP contribution < -0.4 is 5.32 Å².